The summed E-state index contributed by atoms with van der Waals surface area (Å²) in [6.07, 6.45) is 2.51. The average molecular weight is 333 g/mol. The van der Waals surface area contributed by atoms with Crippen molar-refractivity contribution in [2.24, 2.45) is 0 Å². The van der Waals surface area contributed by atoms with Crippen molar-refractivity contribution in [1.82, 2.24) is 0 Å². The van der Waals surface area contributed by atoms with E-state index in [2.05, 4.69) is 16.4 Å². The van der Waals surface area contributed by atoms with Crippen LogP contribution in [0.4, 0.5) is 9.59 Å². The Bertz CT molecular complexity index is 355. The SMILES string of the molecule is CCCCCCCCCC(=O)OC(CCOC(=O)[O-])OC(=O)O. The number of hydrogen-bond acceptors (Lipinski definition) is 7. The highest BCUT2D eigenvalue weighted by atomic mass is 16.8. The summed E-state index contributed by atoms with van der Waals surface area (Å²) >= 11 is 0. The Kier molecular flexibility index (Phi) is 12.5. The van der Waals surface area contributed by atoms with Crippen LogP contribution in [0.2, 0.25) is 0 Å². The van der Waals surface area contributed by atoms with Crippen LogP contribution in [0, 0.1) is 0 Å². The molecule has 0 amide bonds. The molecule has 0 heterocycles. The predicted octanol–water partition coefficient (Wildman–Crippen LogP) is 2.44. The first-order chi connectivity index (χ1) is 11.0. The Morgan fingerprint density at radius 3 is 2.17 bits per heavy atom. The molecule has 0 bridgehead atoms. The van der Waals surface area contributed by atoms with Crippen molar-refractivity contribution in [1.29, 1.82) is 0 Å². The maximum Gasteiger partial charge on any atom is 0.508 e. The van der Waals surface area contributed by atoms with Crippen molar-refractivity contribution in [2.75, 3.05) is 6.61 Å². The van der Waals surface area contributed by atoms with Crippen molar-refractivity contribution in [3.63, 3.8) is 0 Å². The molecule has 0 aliphatic rings. The molecule has 0 aliphatic heterocycles. The van der Waals surface area contributed by atoms with Crippen molar-refractivity contribution < 1.29 is 38.8 Å². The maximum atomic E-state index is 11.6. The van der Waals surface area contributed by atoms with E-state index < -0.39 is 24.6 Å². The van der Waals surface area contributed by atoms with Gasteiger partial charge in [0.1, 0.15) is 0 Å². The summed E-state index contributed by atoms with van der Waals surface area (Å²) in [5.74, 6) is -0.585. The maximum absolute atomic E-state index is 11.6. The van der Waals surface area contributed by atoms with Gasteiger partial charge in [-0.05, 0) is 6.42 Å². The van der Waals surface area contributed by atoms with E-state index in [0.29, 0.717) is 6.42 Å². The molecule has 134 valence electrons. The number of hydrogen-bond donors (Lipinski definition) is 1. The summed E-state index contributed by atoms with van der Waals surface area (Å²) in [5.41, 5.74) is 0. The Labute approximate surface area is 135 Å². The van der Waals surface area contributed by atoms with Crippen LogP contribution < -0.4 is 5.11 Å². The summed E-state index contributed by atoms with van der Waals surface area (Å²) in [7, 11) is 0. The molecule has 0 spiro atoms. The van der Waals surface area contributed by atoms with Crippen LogP contribution in [-0.4, -0.2) is 36.3 Å². The first kappa shape index (κ1) is 21.0. The molecule has 1 unspecified atom stereocenters. The second kappa shape index (κ2) is 13.7. The molecular formula is C15H25O8-. The molecule has 1 N–H and O–H groups in total. The van der Waals surface area contributed by atoms with E-state index in [-0.39, 0.29) is 19.4 Å². The van der Waals surface area contributed by atoms with E-state index in [1.54, 1.807) is 0 Å². The molecule has 8 nitrogen and oxygen atoms in total. The average Bonchev–Trinajstić information content (AvgIpc) is 2.45. The highest BCUT2D eigenvalue weighted by Crippen LogP contribution is 2.10. The Morgan fingerprint density at radius 2 is 1.61 bits per heavy atom. The summed E-state index contributed by atoms with van der Waals surface area (Å²) in [6, 6.07) is 0. The van der Waals surface area contributed by atoms with Gasteiger partial charge in [-0.2, -0.15) is 0 Å². The van der Waals surface area contributed by atoms with E-state index in [0.717, 1.165) is 19.3 Å². The molecule has 1 atom stereocenters. The summed E-state index contributed by atoms with van der Waals surface area (Å²) in [4.78, 5) is 32.2. The van der Waals surface area contributed by atoms with Gasteiger partial charge >= 0.3 is 12.1 Å². The third kappa shape index (κ3) is 14.7. The number of esters is 1. The largest absolute Gasteiger partial charge is 0.549 e. The van der Waals surface area contributed by atoms with Crippen LogP contribution in [0.1, 0.15) is 64.7 Å². The minimum atomic E-state index is -1.74. The van der Waals surface area contributed by atoms with Gasteiger partial charge in [-0.25, -0.2) is 4.79 Å². The lowest BCUT2D eigenvalue weighted by atomic mass is 10.1. The predicted molar refractivity (Wildman–Crippen MR) is 77.6 cm³/mol. The topological polar surface area (TPSA) is 122 Å². The van der Waals surface area contributed by atoms with E-state index >= 15 is 0 Å². The van der Waals surface area contributed by atoms with E-state index in [1.807, 2.05) is 0 Å². The normalized spacial score (nSPS) is 11.5. The van der Waals surface area contributed by atoms with Gasteiger partial charge in [-0.15, -0.1) is 0 Å². The summed E-state index contributed by atoms with van der Waals surface area (Å²) < 4.78 is 13.3. The van der Waals surface area contributed by atoms with Crippen LogP contribution in [0.15, 0.2) is 0 Å². The van der Waals surface area contributed by atoms with Gasteiger partial charge < -0.3 is 29.2 Å². The van der Waals surface area contributed by atoms with Crippen molar-refractivity contribution in [3.05, 3.63) is 0 Å². The Hall–Kier alpha value is -1.99. The molecule has 23 heavy (non-hydrogen) atoms. The molecular weight excluding hydrogens is 308 g/mol. The minimum absolute atomic E-state index is 0.161. The van der Waals surface area contributed by atoms with Crippen LogP contribution in [0.25, 0.3) is 0 Å². The monoisotopic (exact) mass is 333 g/mol. The molecule has 0 rings (SSSR count). The zero-order chi connectivity index (χ0) is 17.5. The summed E-state index contributed by atoms with van der Waals surface area (Å²) in [5, 5.41) is 18.6. The van der Waals surface area contributed by atoms with Gasteiger partial charge in [-0.3, -0.25) is 4.79 Å². The molecule has 0 aromatic rings. The van der Waals surface area contributed by atoms with Gasteiger partial charge in [0.15, 0.2) is 0 Å². The van der Waals surface area contributed by atoms with E-state index in [1.165, 1.54) is 19.3 Å². The van der Waals surface area contributed by atoms with Crippen LogP contribution >= 0.6 is 0 Å². The number of rotatable bonds is 13. The lowest BCUT2D eigenvalue weighted by Gasteiger charge is -2.17. The first-order valence-electron chi connectivity index (χ1n) is 7.88. The highest BCUT2D eigenvalue weighted by Gasteiger charge is 2.18. The minimum Gasteiger partial charge on any atom is -0.549 e. The molecule has 8 heteroatoms. The lowest BCUT2D eigenvalue weighted by Crippen LogP contribution is -2.28. The number of carbonyl (C=O) groups excluding carboxylic acids is 2. The quantitative estimate of drug-likeness (QED) is 0.310. The van der Waals surface area contributed by atoms with Crippen molar-refractivity contribution in [3.8, 4) is 0 Å². The third-order valence-electron chi connectivity index (χ3n) is 3.05. The second-order valence-electron chi connectivity index (χ2n) is 5.06. The zero-order valence-corrected chi connectivity index (χ0v) is 13.5. The fourth-order valence-electron chi connectivity index (χ4n) is 1.92. The number of unbranched alkanes of at least 4 members (excludes halogenated alkanes) is 6. The van der Waals surface area contributed by atoms with Gasteiger partial charge in [-0.1, -0.05) is 45.4 Å². The Morgan fingerprint density at radius 1 is 1.00 bits per heavy atom. The molecule has 0 aromatic heterocycles. The molecule has 0 saturated heterocycles. The smallest absolute Gasteiger partial charge is 0.508 e. The first-order valence-corrected chi connectivity index (χ1v) is 7.88. The lowest BCUT2D eigenvalue weighted by molar-refractivity contribution is -0.283. The molecule has 0 aromatic carbocycles. The summed E-state index contributed by atoms with van der Waals surface area (Å²) in [6.45, 7) is 1.76. The van der Waals surface area contributed by atoms with E-state index in [4.69, 9.17) is 9.84 Å². The van der Waals surface area contributed by atoms with Crippen LogP contribution in [0.3, 0.4) is 0 Å². The van der Waals surface area contributed by atoms with Gasteiger partial charge in [0.25, 0.3) is 12.4 Å². The molecule has 0 aliphatic carbocycles. The Balaban J connectivity index is 3.88. The molecule has 0 radical (unpaired) electrons. The highest BCUT2D eigenvalue weighted by molar-refractivity contribution is 5.69. The standard InChI is InChI=1S/C15H26O8/c1-2-3-4-5-6-7-8-9-12(16)22-13(23-15(19)20)10-11-21-14(17)18/h13H,2-11H2,1H3,(H,17,18)(H,19,20)/p-1. The number of carbonyl (C=O) groups is 3. The van der Waals surface area contributed by atoms with E-state index in [9.17, 15) is 19.5 Å². The fraction of sp³-hybridized carbons (Fsp3) is 0.800. The number of carboxylic acid groups (broad SMARTS) is 2. The molecule has 0 saturated carbocycles. The van der Waals surface area contributed by atoms with Gasteiger partial charge in [0.05, 0.1) is 0 Å². The zero-order valence-electron chi connectivity index (χ0n) is 13.5. The van der Waals surface area contributed by atoms with Gasteiger partial charge in [0, 0.05) is 19.4 Å². The fourth-order valence-corrected chi connectivity index (χ4v) is 1.92. The van der Waals surface area contributed by atoms with Gasteiger partial charge in [0.2, 0.25) is 0 Å². The molecule has 0 fully saturated rings. The number of ether oxygens (including phenoxy) is 3. The second-order valence-corrected chi connectivity index (χ2v) is 5.06. The van der Waals surface area contributed by atoms with Crippen LogP contribution in [-0.2, 0) is 19.0 Å². The van der Waals surface area contributed by atoms with Crippen molar-refractivity contribution in [2.45, 2.75) is 71.0 Å². The third-order valence-corrected chi connectivity index (χ3v) is 3.05. The van der Waals surface area contributed by atoms with Crippen molar-refractivity contribution >= 4 is 18.3 Å². The van der Waals surface area contributed by atoms with Crippen LogP contribution in [0.5, 0.6) is 0 Å².